The molecule has 2 aliphatic heterocycles. The highest BCUT2D eigenvalue weighted by molar-refractivity contribution is 7.02. The van der Waals surface area contributed by atoms with Crippen molar-refractivity contribution in [2.24, 2.45) is 0 Å². The van der Waals surface area contributed by atoms with Gasteiger partial charge in [-0.15, -0.1) is 0 Å². The average molecular weight is 1200 g/mol. The van der Waals surface area contributed by atoms with Crippen LogP contribution in [0.5, 0.6) is 0 Å². The molecule has 12 aromatic carbocycles. The number of nitrogens with zero attached hydrogens (tertiary/aromatic N) is 4. The standard InChI is InChI=1S/C85H67BN4O2/c1-83(2,3)56-37-41-69(64(48-56)53-26-14-11-15-27-53)89-71-49-59(88-68-33-21-17-29-61(68)65-42-51(50-87)36-40-70(65)88)38-39-66(71)86-78-72(89)45-55(54-43-57(84(4,5)6)47-58(44-54)85(7,8)9)46-73(78)90(67-32-20-16-28-60(67)52-24-12-10-13-25-52)80-79(86)81-76(62-30-18-22-34-74(62)91-81)77-63-31-19-23-35-75(63)92-82(77)80/h10-49H,1-9H3/i18D,19D,22D,23D,30D,31D,34D,35D. The Morgan fingerprint density at radius 2 is 0.978 bits per heavy atom. The van der Waals surface area contributed by atoms with Crippen LogP contribution >= 0.6 is 0 Å². The van der Waals surface area contributed by atoms with Gasteiger partial charge in [0, 0.05) is 71.7 Å². The molecule has 0 radical (unpaired) electrons. The quantitative estimate of drug-likeness (QED) is 0.155. The molecule has 0 bridgehead atoms. The molecule has 5 heterocycles. The summed E-state index contributed by atoms with van der Waals surface area (Å²) in [5.74, 6) is 0. The fourth-order valence-corrected chi connectivity index (χ4v) is 14.5. The first-order chi connectivity index (χ1) is 47.8. The Kier molecular flexibility index (Phi) is 10.3. The lowest BCUT2D eigenvalue weighted by molar-refractivity contribution is 0.569. The summed E-state index contributed by atoms with van der Waals surface area (Å²) in [6.07, 6.45) is 0. The van der Waals surface area contributed by atoms with Crippen LogP contribution in [-0.2, 0) is 16.2 Å². The smallest absolute Gasteiger partial charge is 0.257 e. The number of rotatable bonds is 6. The van der Waals surface area contributed by atoms with E-state index in [4.69, 9.17) is 10.2 Å². The van der Waals surface area contributed by atoms with Crippen LogP contribution in [0.1, 0.15) is 95.5 Å². The van der Waals surface area contributed by atoms with Gasteiger partial charge in [-0.2, -0.15) is 5.26 Å². The summed E-state index contributed by atoms with van der Waals surface area (Å²) in [5, 5.41) is 12.8. The van der Waals surface area contributed by atoms with Crippen molar-refractivity contribution in [3.05, 3.63) is 265 Å². The van der Waals surface area contributed by atoms with Gasteiger partial charge in [-0.3, -0.25) is 0 Å². The molecule has 15 aromatic rings. The highest BCUT2D eigenvalue weighted by atomic mass is 16.3. The average Bonchev–Trinajstić information content (AvgIpc) is 1.30. The number of fused-ring (bicyclic) bond motifs is 16. The first-order valence-corrected chi connectivity index (χ1v) is 31.5. The maximum absolute atomic E-state index is 10.3. The highest BCUT2D eigenvalue weighted by Crippen LogP contribution is 2.55. The van der Waals surface area contributed by atoms with Crippen molar-refractivity contribution in [1.82, 2.24) is 4.57 Å². The molecule has 442 valence electrons. The number of benzene rings is 12. The van der Waals surface area contributed by atoms with E-state index in [0.29, 0.717) is 16.7 Å². The second kappa shape index (κ2) is 20.1. The van der Waals surface area contributed by atoms with Crippen LogP contribution in [0.3, 0.4) is 0 Å². The molecule has 2 aliphatic rings. The minimum Gasteiger partial charge on any atom is -0.456 e. The molecule has 92 heavy (non-hydrogen) atoms. The van der Waals surface area contributed by atoms with E-state index < -0.39 is 43.0 Å². The topological polar surface area (TPSA) is 61.5 Å². The maximum Gasteiger partial charge on any atom is 0.257 e. The SMILES string of the molecule is [2H]c1c([2H])c([2H])c2c(oc3c4c(c5oc6c([2H])c([2H])c([2H])c([2H])c6c5c32)N(c2ccccc2-c2ccccc2)c2cc(-c3cc(C(C)(C)C)cc(C(C)(C)C)c3)cc3c2B4c2ccc(-n4c5ccccc5c5cc(C#N)ccc54)cc2N3c2ccc(C(C)(C)C)cc2-c2ccccc2)c1[2H]. The van der Waals surface area contributed by atoms with Gasteiger partial charge in [0.15, 0.2) is 5.58 Å². The molecular formula is C85H67BN4O2. The largest absolute Gasteiger partial charge is 0.456 e. The van der Waals surface area contributed by atoms with Crippen LogP contribution in [0.25, 0.3) is 105 Å². The van der Waals surface area contributed by atoms with Gasteiger partial charge in [0.2, 0.25) is 0 Å². The van der Waals surface area contributed by atoms with E-state index in [1.807, 2.05) is 66.7 Å². The molecule has 3 aromatic heterocycles. The third-order valence-corrected chi connectivity index (χ3v) is 19.1. The number of para-hydroxylation sites is 4. The van der Waals surface area contributed by atoms with Crippen LogP contribution < -0.4 is 26.2 Å². The van der Waals surface area contributed by atoms with Crippen molar-refractivity contribution in [2.75, 3.05) is 9.80 Å². The minimum absolute atomic E-state index is 0.0502. The van der Waals surface area contributed by atoms with E-state index in [2.05, 4.69) is 210 Å². The Balaban J connectivity index is 1.13. The van der Waals surface area contributed by atoms with E-state index in [-0.39, 0.29) is 72.2 Å². The molecule has 0 saturated carbocycles. The number of hydrogen-bond donors (Lipinski definition) is 0. The lowest BCUT2D eigenvalue weighted by Crippen LogP contribution is -2.61. The molecular weight excluding hydrogens is 1120 g/mol. The molecule has 17 rings (SSSR count). The van der Waals surface area contributed by atoms with Gasteiger partial charge in [-0.25, -0.2) is 0 Å². The minimum atomic E-state index is -0.815. The van der Waals surface area contributed by atoms with Crippen molar-refractivity contribution in [3.63, 3.8) is 0 Å². The fourth-order valence-electron chi connectivity index (χ4n) is 14.5. The maximum atomic E-state index is 10.3. The summed E-state index contributed by atoms with van der Waals surface area (Å²) in [7, 11) is 0. The molecule has 0 spiro atoms. The second-order valence-corrected chi connectivity index (χ2v) is 27.8. The van der Waals surface area contributed by atoms with Crippen molar-refractivity contribution >= 4 is 123 Å². The van der Waals surface area contributed by atoms with E-state index in [0.717, 1.165) is 117 Å². The summed E-state index contributed by atoms with van der Waals surface area (Å²) in [6.45, 7) is 19.4. The van der Waals surface area contributed by atoms with Crippen molar-refractivity contribution in [3.8, 4) is 45.1 Å². The van der Waals surface area contributed by atoms with E-state index in [1.54, 1.807) is 0 Å². The first kappa shape index (κ1) is 47.2. The van der Waals surface area contributed by atoms with Crippen LogP contribution in [0.2, 0.25) is 0 Å². The summed E-state index contributed by atoms with van der Waals surface area (Å²) in [4.78, 5) is 4.66. The Labute approximate surface area is 548 Å². The van der Waals surface area contributed by atoms with Gasteiger partial charge in [-0.1, -0.05) is 226 Å². The number of furan rings is 2. The first-order valence-electron chi connectivity index (χ1n) is 35.5. The molecule has 0 N–H and O–H groups in total. The summed E-state index contributed by atoms with van der Waals surface area (Å²) >= 11 is 0. The molecule has 0 aliphatic carbocycles. The molecule has 0 unspecified atom stereocenters. The number of hydrogen-bond acceptors (Lipinski definition) is 5. The zero-order valence-electron chi connectivity index (χ0n) is 60.7. The molecule has 0 fully saturated rings. The van der Waals surface area contributed by atoms with Crippen LogP contribution in [0.15, 0.2) is 251 Å². The Hall–Kier alpha value is -10.8. The van der Waals surface area contributed by atoms with E-state index in [1.165, 1.54) is 0 Å². The molecule has 6 nitrogen and oxygen atoms in total. The molecule has 7 heteroatoms. The zero-order valence-corrected chi connectivity index (χ0v) is 52.7. The normalized spacial score (nSPS) is 14.4. The molecule has 0 amide bonds. The van der Waals surface area contributed by atoms with Crippen molar-refractivity contribution < 1.29 is 19.8 Å². The predicted molar refractivity (Wildman–Crippen MR) is 386 cm³/mol. The van der Waals surface area contributed by atoms with Crippen LogP contribution in [0, 0.1) is 11.3 Å². The summed E-state index contributed by atoms with van der Waals surface area (Å²) in [5.41, 5.74) is 18.4. The predicted octanol–water partition coefficient (Wildman–Crippen LogP) is 21.4. The third-order valence-electron chi connectivity index (χ3n) is 19.1. The van der Waals surface area contributed by atoms with E-state index in [9.17, 15) is 14.9 Å². The van der Waals surface area contributed by atoms with Gasteiger partial charge < -0.3 is 23.2 Å². The lowest BCUT2D eigenvalue weighted by atomic mass is 9.33. The van der Waals surface area contributed by atoms with Gasteiger partial charge in [0.05, 0.1) is 50.7 Å². The van der Waals surface area contributed by atoms with Gasteiger partial charge in [0.1, 0.15) is 16.7 Å². The van der Waals surface area contributed by atoms with Crippen molar-refractivity contribution in [2.45, 2.75) is 78.6 Å². The number of aromatic nitrogens is 1. The Bertz CT molecular complexity index is 6090. The lowest BCUT2D eigenvalue weighted by Gasteiger charge is -2.45. The van der Waals surface area contributed by atoms with Gasteiger partial charge >= 0.3 is 0 Å². The fraction of sp³-hybridized carbons (Fsp3) is 0.141. The highest BCUT2D eigenvalue weighted by Gasteiger charge is 2.48. The van der Waals surface area contributed by atoms with Crippen LogP contribution in [-0.4, -0.2) is 11.3 Å². The third kappa shape index (κ3) is 8.39. The summed E-state index contributed by atoms with van der Waals surface area (Å²) in [6, 6.07) is 67.0. The number of nitriles is 1. The number of anilines is 6. The Morgan fingerprint density at radius 3 is 1.65 bits per heavy atom. The molecule has 0 atom stereocenters. The molecule has 0 saturated heterocycles. The van der Waals surface area contributed by atoms with E-state index >= 15 is 0 Å². The van der Waals surface area contributed by atoms with Crippen molar-refractivity contribution in [1.29, 1.82) is 5.26 Å². The monoisotopic (exact) mass is 1190 g/mol. The summed E-state index contributed by atoms with van der Waals surface area (Å²) < 4.78 is 93.0. The second-order valence-electron chi connectivity index (χ2n) is 27.8. The van der Waals surface area contributed by atoms with Gasteiger partial charge in [-0.05, 0) is 145 Å². The van der Waals surface area contributed by atoms with Gasteiger partial charge in [0.25, 0.3) is 6.71 Å². The Morgan fingerprint density at radius 1 is 0.413 bits per heavy atom. The van der Waals surface area contributed by atoms with Crippen LogP contribution in [0.4, 0.5) is 34.1 Å². The zero-order chi connectivity index (χ0) is 69.7.